The number of carbonyl (C=O) groups excluding carboxylic acids is 4. The Balaban J connectivity index is 5.18. The number of unbranched alkanes of at least 4 members (excludes halogenated alkanes) is 49. The fraction of sp³-hybridized carbons (Fsp3) is 0.948. The Kier molecular flexibility index (Phi) is 68.7. The zero-order valence-corrected chi connectivity index (χ0v) is 64.3. The molecular formula is C77H150O17P2. The van der Waals surface area contributed by atoms with Crippen LogP contribution in [-0.2, 0) is 65.4 Å². The molecule has 0 bridgehead atoms. The van der Waals surface area contributed by atoms with Gasteiger partial charge in [0, 0.05) is 25.7 Å². The molecule has 0 aromatic carbocycles. The first kappa shape index (κ1) is 94.1. The molecular weight excluding hydrogens is 1260 g/mol. The summed E-state index contributed by atoms with van der Waals surface area (Å²) in [7, 11) is -9.91. The molecule has 0 radical (unpaired) electrons. The number of ether oxygens (including phenoxy) is 4. The van der Waals surface area contributed by atoms with E-state index < -0.39 is 97.5 Å². The Morgan fingerprint density at radius 2 is 0.479 bits per heavy atom. The molecule has 0 heterocycles. The average Bonchev–Trinajstić information content (AvgIpc) is 1.84. The minimum Gasteiger partial charge on any atom is -0.462 e. The number of rotatable bonds is 77. The molecule has 0 saturated heterocycles. The highest BCUT2D eigenvalue weighted by atomic mass is 31.2. The first-order valence-electron chi connectivity index (χ1n) is 40.1. The van der Waals surface area contributed by atoms with Crippen LogP contribution in [0.15, 0.2) is 0 Å². The molecule has 0 fully saturated rings. The predicted molar refractivity (Wildman–Crippen MR) is 391 cm³/mol. The van der Waals surface area contributed by atoms with Crippen LogP contribution in [0.25, 0.3) is 0 Å². The van der Waals surface area contributed by atoms with Crippen molar-refractivity contribution >= 4 is 39.5 Å². The third kappa shape index (κ3) is 70.5. The Morgan fingerprint density at radius 3 is 0.708 bits per heavy atom. The van der Waals surface area contributed by atoms with E-state index in [0.29, 0.717) is 25.7 Å². The molecule has 19 heteroatoms. The van der Waals surface area contributed by atoms with Gasteiger partial charge in [-0.25, -0.2) is 9.13 Å². The van der Waals surface area contributed by atoms with Crippen molar-refractivity contribution in [3.8, 4) is 0 Å². The number of hydrogen-bond donors (Lipinski definition) is 3. The van der Waals surface area contributed by atoms with Gasteiger partial charge in [-0.1, -0.05) is 356 Å². The van der Waals surface area contributed by atoms with E-state index in [2.05, 4.69) is 34.6 Å². The monoisotopic (exact) mass is 1410 g/mol. The molecule has 5 atom stereocenters. The van der Waals surface area contributed by atoms with Gasteiger partial charge in [-0.15, -0.1) is 0 Å². The summed E-state index contributed by atoms with van der Waals surface area (Å²) in [5.74, 6) is -1.35. The Hall–Kier alpha value is -1.94. The van der Waals surface area contributed by atoms with Crippen LogP contribution in [0, 0.1) is 5.92 Å². The van der Waals surface area contributed by atoms with Crippen LogP contribution in [-0.4, -0.2) is 96.7 Å². The summed E-state index contributed by atoms with van der Waals surface area (Å²) < 4.78 is 68.5. The van der Waals surface area contributed by atoms with Crippen LogP contribution in [0.2, 0.25) is 0 Å². The molecule has 0 amide bonds. The predicted octanol–water partition coefficient (Wildman–Crippen LogP) is 22.9. The first-order chi connectivity index (χ1) is 46.5. The lowest BCUT2D eigenvalue weighted by Crippen LogP contribution is -2.30. The van der Waals surface area contributed by atoms with E-state index in [9.17, 15) is 43.2 Å². The van der Waals surface area contributed by atoms with Crippen molar-refractivity contribution in [2.75, 3.05) is 39.6 Å². The molecule has 0 aliphatic rings. The first-order valence-corrected chi connectivity index (χ1v) is 43.1. The lowest BCUT2D eigenvalue weighted by Gasteiger charge is -2.21. The highest BCUT2D eigenvalue weighted by Crippen LogP contribution is 2.45. The van der Waals surface area contributed by atoms with Crippen LogP contribution in [0.3, 0.4) is 0 Å². The summed E-state index contributed by atoms with van der Waals surface area (Å²) in [6.07, 6.45) is 59.8. The van der Waals surface area contributed by atoms with Gasteiger partial charge in [-0.2, -0.15) is 0 Å². The number of phosphoric ester groups is 2. The quantitative estimate of drug-likeness (QED) is 0.0222. The summed E-state index contributed by atoms with van der Waals surface area (Å²) in [6, 6.07) is 0. The summed E-state index contributed by atoms with van der Waals surface area (Å²) in [6.45, 7) is 7.26. The second-order valence-electron chi connectivity index (χ2n) is 28.2. The average molecular weight is 1410 g/mol. The number of carbonyl (C=O) groups is 4. The zero-order chi connectivity index (χ0) is 70.5. The normalized spacial score (nSPS) is 13.9. The maximum Gasteiger partial charge on any atom is 0.472 e. The van der Waals surface area contributed by atoms with Crippen molar-refractivity contribution in [3.05, 3.63) is 0 Å². The fourth-order valence-electron chi connectivity index (χ4n) is 11.9. The molecule has 0 saturated carbocycles. The van der Waals surface area contributed by atoms with Gasteiger partial charge in [0.25, 0.3) is 0 Å². The van der Waals surface area contributed by atoms with Gasteiger partial charge >= 0.3 is 39.5 Å². The Morgan fingerprint density at radius 1 is 0.281 bits per heavy atom. The Labute approximate surface area is 588 Å². The van der Waals surface area contributed by atoms with Gasteiger partial charge in [-0.3, -0.25) is 37.3 Å². The molecule has 0 aliphatic carbocycles. The van der Waals surface area contributed by atoms with Crippen LogP contribution >= 0.6 is 15.6 Å². The fourth-order valence-corrected chi connectivity index (χ4v) is 13.5. The van der Waals surface area contributed by atoms with Crippen LogP contribution < -0.4 is 0 Å². The number of phosphoric acid groups is 2. The van der Waals surface area contributed by atoms with E-state index in [1.807, 2.05) is 0 Å². The number of hydrogen-bond acceptors (Lipinski definition) is 15. The number of aliphatic hydroxyl groups excluding tert-OH is 1. The van der Waals surface area contributed by atoms with E-state index in [1.165, 1.54) is 218 Å². The van der Waals surface area contributed by atoms with Crippen molar-refractivity contribution in [3.63, 3.8) is 0 Å². The minimum absolute atomic E-state index is 0.106. The minimum atomic E-state index is -4.96. The van der Waals surface area contributed by atoms with Gasteiger partial charge in [0.2, 0.25) is 0 Å². The molecule has 96 heavy (non-hydrogen) atoms. The molecule has 0 aromatic heterocycles. The lowest BCUT2D eigenvalue weighted by atomic mass is 10.0. The molecule has 2 unspecified atom stereocenters. The molecule has 0 rings (SSSR count). The van der Waals surface area contributed by atoms with Crippen LogP contribution in [0.1, 0.15) is 407 Å². The summed E-state index contributed by atoms with van der Waals surface area (Å²) in [5.41, 5.74) is 0. The standard InChI is InChI=1S/C77H150O17P2/c1-6-9-12-15-18-20-22-24-26-27-28-29-30-32-34-38-42-47-52-57-62-76(81)94-73(67-88-75(80)61-56-51-46-41-37-33-31-25-23-21-19-16-13-10-7-2)69-92-96(85,86)90-65-71(78)64-89-95(83,84)91-68-72(66-87-74(79)60-55-50-44-17-14-11-8-3)93-77(82)63-58-53-48-43-39-35-36-40-45-49-54-59-70(4)5/h70-73,78H,6-69H2,1-5H3,(H,83,84)(H,85,86)/t71-,72+,73+/m0/s1. The molecule has 0 spiro atoms. The number of aliphatic hydroxyl groups is 1. The van der Waals surface area contributed by atoms with E-state index >= 15 is 0 Å². The number of esters is 4. The van der Waals surface area contributed by atoms with Crippen molar-refractivity contribution in [1.29, 1.82) is 0 Å². The van der Waals surface area contributed by atoms with Gasteiger partial charge in [-0.05, 0) is 31.6 Å². The van der Waals surface area contributed by atoms with E-state index in [1.54, 1.807) is 0 Å². The van der Waals surface area contributed by atoms with E-state index in [4.69, 9.17) is 37.0 Å². The SMILES string of the molecule is CCCCCCCCCCCCCCCCCCCCCCC(=O)O[C@H](COC(=O)CCCCCCCCCCCCCCCCC)COP(=O)(O)OC[C@@H](O)COP(=O)(O)OC[C@@H](COC(=O)CCCCCCCCC)OC(=O)CCCCCCCCCCCCCC(C)C. The van der Waals surface area contributed by atoms with Gasteiger partial charge < -0.3 is 33.8 Å². The van der Waals surface area contributed by atoms with Gasteiger partial charge in [0.1, 0.15) is 19.3 Å². The molecule has 570 valence electrons. The maximum absolute atomic E-state index is 13.1. The second-order valence-corrected chi connectivity index (χ2v) is 31.1. The smallest absolute Gasteiger partial charge is 0.462 e. The van der Waals surface area contributed by atoms with Crippen LogP contribution in [0.5, 0.6) is 0 Å². The highest BCUT2D eigenvalue weighted by molar-refractivity contribution is 7.47. The summed E-state index contributed by atoms with van der Waals surface area (Å²) in [4.78, 5) is 72.7. The molecule has 0 aromatic rings. The van der Waals surface area contributed by atoms with Gasteiger partial charge in [0.15, 0.2) is 12.2 Å². The Bertz CT molecular complexity index is 1840. The summed E-state index contributed by atoms with van der Waals surface area (Å²) >= 11 is 0. The largest absolute Gasteiger partial charge is 0.472 e. The van der Waals surface area contributed by atoms with Crippen molar-refractivity contribution in [1.82, 2.24) is 0 Å². The third-order valence-corrected chi connectivity index (χ3v) is 19.9. The summed E-state index contributed by atoms with van der Waals surface area (Å²) in [5, 5.41) is 10.6. The van der Waals surface area contributed by atoms with Crippen molar-refractivity contribution in [2.24, 2.45) is 5.92 Å². The van der Waals surface area contributed by atoms with E-state index in [-0.39, 0.29) is 25.7 Å². The van der Waals surface area contributed by atoms with Gasteiger partial charge in [0.05, 0.1) is 26.4 Å². The highest BCUT2D eigenvalue weighted by Gasteiger charge is 2.30. The van der Waals surface area contributed by atoms with Crippen molar-refractivity contribution < 1.29 is 80.2 Å². The van der Waals surface area contributed by atoms with Crippen LogP contribution in [0.4, 0.5) is 0 Å². The maximum atomic E-state index is 13.1. The lowest BCUT2D eigenvalue weighted by molar-refractivity contribution is -0.161. The van der Waals surface area contributed by atoms with Crippen molar-refractivity contribution in [2.45, 2.75) is 425 Å². The van der Waals surface area contributed by atoms with E-state index in [0.717, 1.165) is 109 Å². The second kappa shape index (κ2) is 70.1. The zero-order valence-electron chi connectivity index (χ0n) is 62.5. The molecule has 0 aliphatic heterocycles. The topological polar surface area (TPSA) is 237 Å². The molecule has 3 N–H and O–H groups in total. The third-order valence-electron chi connectivity index (χ3n) is 18.0. The molecule has 17 nitrogen and oxygen atoms in total.